The van der Waals surface area contributed by atoms with Crippen molar-refractivity contribution in [2.45, 2.75) is 6.92 Å². The Bertz CT molecular complexity index is 839. The zero-order valence-electron chi connectivity index (χ0n) is 12.4. The molecule has 0 aliphatic carbocycles. The highest BCUT2D eigenvalue weighted by Crippen LogP contribution is 2.26. The number of aryl methyl sites for hydroxylation is 2. The van der Waals surface area contributed by atoms with Gasteiger partial charge in [0.15, 0.2) is 0 Å². The van der Waals surface area contributed by atoms with Gasteiger partial charge in [-0.2, -0.15) is 0 Å². The number of hydrogen-bond acceptors (Lipinski definition) is 5. The van der Waals surface area contributed by atoms with Crippen molar-refractivity contribution in [2.75, 3.05) is 17.7 Å². The van der Waals surface area contributed by atoms with E-state index >= 15 is 0 Å². The Morgan fingerprint density at radius 2 is 2.09 bits per heavy atom. The van der Waals surface area contributed by atoms with Crippen LogP contribution in [0, 0.1) is 6.92 Å². The predicted octanol–water partition coefficient (Wildman–Crippen LogP) is 2.99. The molecule has 2 N–H and O–H groups in total. The minimum atomic E-state index is -0.353. The second-order valence-corrected chi connectivity index (χ2v) is 5.90. The maximum absolute atomic E-state index is 12.0. The van der Waals surface area contributed by atoms with Crippen LogP contribution in [0.3, 0.4) is 0 Å². The topological polar surface area (TPSA) is 81.1 Å². The van der Waals surface area contributed by atoms with Gasteiger partial charge >= 0.3 is 6.03 Å². The van der Waals surface area contributed by atoms with Crippen molar-refractivity contribution < 1.29 is 9.53 Å². The number of anilines is 2. The van der Waals surface area contributed by atoms with Crippen LogP contribution >= 0.6 is 11.3 Å². The number of fused-ring (bicyclic) bond motifs is 1. The number of nitrogens with one attached hydrogen (secondary N) is 2. The lowest BCUT2D eigenvalue weighted by molar-refractivity contribution is 0.262. The standard InChI is InChI=1S/C14H15N5O2S/c1-8-17-18-14(22-8)16-13(20)15-12-6-9-4-5-10(21-3)7-11(9)19(12)2/h4-7H,1-3H3,(H2,15,16,18,20). The molecule has 3 rings (SSSR count). The number of urea groups is 1. The van der Waals surface area contributed by atoms with E-state index in [9.17, 15) is 4.79 Å². The van der Waals surface area contributed by atoms with Crippen LogP contribution in [0.25, 0.3) is 10.9 Å². The molecule has 22 heavy (non-hydrogen) atoms. The Labute approximate surface area is 130 Å². The molecule has 0 unspecified atom stereocenters. The minimum absolute atomic E-state index is 0.353. The third-order valence-corrected chi connectivity index (χ3v) is 3.99. The van der Waals surface area contributed by atoms with E-state index in [1.54, 1.807) is 7.11 Å². The van der Waals surface area contributed by atoms with Crippen LogP contribution in [-0.4, -0.2) is 27.9 Å². The molecule has 8 heteroatoms. The Morgan fingerprint density at radius 1 is 1.27 bits per heavy atom. The molecule has 0 spiro atoms. The summed E-state index contributed by atoms with van der Waals surface area (Å²) in [7, 11) is 3.51. The molecule has 0 aliphatic heterocycles. The summed E-state index contributed by atoms with van der Waals surface area (Å²) < 4.78 is 7.11. The first-order valence-corrected chi connectivity index (χ1v) is 7.40. The van der Waals surface area contributed by atoms with Gasteiger partial charge in [-0.3, -0.25) is 10.6 Å². The number of amides is 2. The zero-order chi connectivity index (χ0) is 15.7. The third kappa shape index (κ3) is 2.73. The molecule has 0 aliphatic rings. The van der Waals surface area contributed by atoms with Crippen molar-refractivity contribution in [3.63, 3.8) is 0 Å². The highest BCUT2D eigenvalue weighted by Gasteiger charge is 2.11. The van der Waals surface area contributed by atoms with E-state index in [1.165, 1.54) is 11.3 Å². The number of carbonyl (C=O) groups is 1. The van der Waals surface area contributed by atoms with E-state index in [-0.39, 0.29) is 6.03 Å². The summed E-state index contributed by atoms with van der Waals surface area (Å²) >= 11 is 1.32. The zero-order valence-corrected chi connectivity index (χ0v) is 13.2. The van der Waals surface area contributed by atoms with Crippen LogP contribution in [-0.2, 0) is 7.05 Å². The van der Waals surface area contributed by atoms with E-state index in [1.807, 2.05) is 42.8 Å². The highest BCUT2D eigenvalue weighted by atomic mass is 32.1. The molecule has 7 nitrogen and oxygen atoms in total. The van der Waals surface area contributed by atoms with Gasteiger partial charge in [0, 0.05) is 18.5 Å². The Hall–Kier alpha value is -2.61. The van der Waals surface area contributed by atoms with Gasteiger partial charge in [0.1, 0.15) is 16.6 Å². The molecule has 2 heterocycles. The minimum Gasteiger partial charge on any atom is -0.497 e. The first-order valence-electron chi connectivity index (χ1n) is 6.58. The van der Waals surface area contributed by atoms with E-state index in [0.717, 1.165) is 21.7 Å². The molecule has 0 saturated heterocycles. The Kier molecular flexibility index (Phi) is 3.68. The maximum Gasteiger partial charge on any atom is 0.326 e. The first-order chi connectivity index (χ1) is 10.6. The molecule has 3 aromatic rings. The SMILES string of the molecule is COc1ccc2cc(NC(=O)Nc3nnc(C)s3)n(C)c2c1. The van der Waals surface area contributed by atoms with Crippen molar-refractivity contribution >= 4 is 39.2 Å². The first kappa shape index (κ1) is 14.3. The molecular formula is C14H15N5O2S. The molecular weight excluding hydrogens is 302 g/mol. The van der Waals surface area contributed by atoms with Crippen molar-refractivity contribution in [3.05, 3.63) is 29.3 Å². The van der Waals surface area contributed by atoms with Crippen molar-refractivity contribution in [2.24, 2.45) is 7.05 Å². The van der Waals surface area contributed by atoms with Crippen molar-refractivity contribution in [3.8, 4) is 5.75 Å². The van der Waals surface area contributed by atoms with Gasteiger partial charge in [-0.05, 0) is 25.1 Å². The normalized spacial score (nSPS) is 10.7. The van der Waals surface area contributed by atoms with E-state index < -0.39 is 0 Å². The lowest BCUT2D eigenvalue weighted by Gasteiger charge is -2.07. The quantitative estimate of drug-likeness (QED) is 0.778. The molecule has 0 atom stereocenters. The molecule has 114 valence electrons. The summed E-state index contributed by atoms with van der Waals surface area (Å²) in [6.07, 6.45) is 0. The maximum atomic E-state index is 12.0. The molecule has 0 saturated carbocycles. The van der Waals surface area contributed by atoms with Gasteiger partial charge in [-0.25, -0.2) is 4.79 Å². The molecule has 0 bridgehead atoms. The van der Waals surface area contributed by atoms with Crippen LogP contribution in [0.4, 0.5) is 15.7 Å². The van der Waals surface area contributed by atoms with Crippen LogP contribution in [0.15, 0.2) is 24.3 Å². The van der Waals surface area contributed by atoms with Gasteiger partial charge < -0.3 is 9.30 Å². The molecule has 0 radical (unpaired) electrons. The van der Waals surface area contributed by atoms with Crippen LogP contribution in [0.2, 0.25) is 0 Å². The summed E-state index contributed by atoms with van der Waals surface area (Å²) in [6, 6.07) is 7.31. The molecule has 0 fully saturated rings. The lowest BCUT2D eigenvalue weighted by Crippen LogP contribution is -2.20. The fraction of sp³-hybridized carbons (Fsp3) is 0.214. The molecule has 2 aromatic heterocycles. The number of methoxy groups -OCH3 is 1. The number of ether oxygens (including phenoxy) is 1. The van der Waals surface area contributed by atoms with Gasteiger partial charge in [0.2, 0.25) is 5.13 Å². The third-order valence-electron chi connectivity index (χ3n) is 3.24. The number of benzene rings is 1. The van der Waals surface area contributed by atoms with Crippen molar-refractivity contribution in [1.82, 2.24) is 14.8 Å². The lowest BCUT2D eigenvalue weighted by atomic mass is 10.2. The number of hydrogen-bond donors (Lipinski definition) is 2. The fourth-order valence-electron chi connectivity index (χ4n) is 2.15. The average Bonchev–Trinajstić information content (AvgIpc) is 3.03. The van der Waals surface area contributed by atoms with E-state index in [2.05, 4.69) is 20.8 Å². The van der Waals surface area contributed by atoms with Crippen LogP contribution in [0.5, 0.6) is 5.75 Å². The Morgan fingerprint density at radius 3 is 2.77 bits per heavy atom. The van der Waals surface area contributed by atoms with Crippen molar-refractivity contribution in [1.29, 1.82) is 0 Å². The average molecular weight is 317 g/mol. The molecule has 2 amide bonds. The fourth-order valence-corrected chi connectivity index (χ4v) is 2.74. The summed E-state index contributed by atoms with van der Waals surface area (Å²) in [4.78, 5) is 12.0. The van der Waals surface area contributed by atoms with Gasteiger partial charge in [0.05, 0.1) is 12.6 Å². The summed E-state index contributed by atoms with van der Waals surface area (Å²) in [5.41, 5.74) is 0.974. The summed E-state index contributed by atoms with van der Waals surface area (Å²) in [5, 5.41) is 15.5. The summed E-state index contributed by atoms with van der Waals surface area (Å²) in [5.74, 6) is 1.45. The highest BCUT2D eigenvalue weighted by molar-refractivity contribution is 7.15. The Balaban J connectivity index is 1.81. The largest absolute Gasteiger partial charge is 0.497 e. The smallest absolute Gasteiger partial charge is 0.326 e. The number of rotatable bonds is 3. The van der Waals surface area contributed by atoms with E-state index in [0.29, 0.717) is 10.9 Å². The van der Waals surface area contributed by atoms with Crippen LogP contribution < -0.4 is 15.4 Å². The number of aromatic nitrogens is 3. The van der Waals surface area contributed by atoms with Gasteiger partial charge in [-0.15, -0.1) is 10.2 Å². The second-order valence-electron chi connectivity index (χ2n) is 4.72. The monoisotopic (exact) mass is 317 g/mol. The van der Waals surface area contributed by atoms with Gasteiger partial charge in [0.25, 0.3) is 0 Å². The number of nitrogens with zero attached hydrogens (tertiary/aromatic N) is 3. The van der Waals surface area contributed by atoms with Gasteiger partial charge in [-0.1, -0.05) is 11.3 Å². The molecule has 1 aromatic carbocycles. The predicted molar refractivity (Wildman–Crippen MR) is 86.8 cm³/mol. The number of carbonyl (C=O) groups excluding carboxylic acids is 1. The second kappa shape index (κ2) is 5.64. The van der Waals surface area contributed by atoms with E-state index in [4.69, 9.17) is 4.74 Å². The van der Waals surface area contributed by atoms with Crippen LogP contribution in [0.1, 0.15) is 5.01 Å². The summed E-state index contributed by atoms with van der Waals surface area (Å²) in [6.45, 7) is 1.83.